The summed E-state index contributed by atoms with van der Waals surface area (Å²) >= 11 is 0. The number of nitrogens with zero attached hydrogens (tertiary/aromatic N) is 1. The van der Waals surface area contributed by atoms with Crippen molar-refractivity contribution in [3.63, 3.8) is 0 Å². The molecule has 0 aliphatic carbocycles. The van der Waals surface area contributed by atoms with Crippen LogP contribution in [-0.4, -0.2) is 30.4 Å². The monoisotopic (exact) mass is 265 g/mol. The number of rotatable bonds is 4. The van der Waals surface area contributed by atoms with Gasteiger partial charge in [-0.25, -0.2) is 4.57 Å². The number of phosphoric ester groups is 1. The second-order valence-corrected chi connectivity index (χ2v) is 7.45. The van der Waals surface area contributed by atoms with Crippen molar-refractivity contribution in [2.75, 3.05) is 14.2 Å². The molecular weight excluding hydrogens is 241 g/mol. The van der Waals surface area contributed by atoms with Crippen molar-refractivity contribution in [3.8, 4) is 0 Å². The van der Waals surface area contributed by atoms with Crippen LogP contribution in [-0.2, 0) is 18.2 Å². The van der Waals surface area contributed by atoms with Crippen LogP contribution in [0.2, 0.25) is 0 Å². The maximum absolute atomic E-state index is 12.1. The van der Waals surface area contributed by atoms with E-state index in [9.17, 15) is 4.57 Å². The fraction of sp³-hybridized carbons (Fsp3) is 1.00. The van der Waals surface area contributed by atoms with Crippen LogP contribution < -0.4 is 0 Å². The van der Waals surface area contributed by atoms with E-state index in [1.807, 2.05) is 0 Å². The lowest BCUT2D eigenvalue weighted by molar-refractivity contribution is -0.229. The van der Waals surface area contributed by atoms with Crippen molar-refractivity contribution in [2.45, 2.75) is 58.0 Å². The highest BCUT2D eigenvalue weighted by atomic mass is 31.2. The van der Waals surface area contributed by atoms with Crippen LogP contribution in [0.3, 0.4) is 0 Å². The zero-order valence-corrected chi connectivity index (χ0v) is 12.5. The van der Waals surface area contributed by atoms with E-state index in [4.69, 9.17) is 13.7 Å². The third-order valence-electron chi connectivity index (χ3n) is 3.31. The van der Waals surface area contributed by atoms with Gasteiger partial charge in [-0.15, -0.1) is 0 Å². The van der Waals surface area contributed by atoms with Gasteiger partial charge in [-0.2, -0.15) is 9.69 Å². The Kier molecular flexibility index (Phi) is 4.43. The molecule has 0 aromatic carbocycles. The van der Waals surface area contributed by atoms with Gasteiger partial charge >= 0.3 is 7.82 Å². The highest BCUT2D eigenvalue weighted by Crippen LogP contribution is 2.53. The minimum Gasteiger partial charge on any atom is -0.289 e. The lowest BCUT2D eigenvalue weighted by atomic mass is 9.82. The average Bonchev–Trinajstić information content (AvgIpc) is 2.23. The van der Waals surface area contributed by atoms with Crippen molar-refractivity contribution in [3.05, 3.63) is 0 Å². The molecule has 0 radical (unpaired) electrons. The van der Waals surface area contributed by atoms with Crippen molar-refractivity contribution < 1.29 is 18.2 Å². The molecule has 5 nitrogen and oxygen atoms in total. The Morgan fingerprint density at radius 2 is 1.41 bits per heavy atom. The predicted octanol–water partition coefficient (Wildman–Crippen LogP) is 3.36. The molecule has 1 aliphatic heterocycles. The Balaban J connectivity index is 2.95. The first-order valence-corrected chi connectivity index (χ1v) is 7.34. The van der Waals surface area contributed by atoms with Gasteiger partial charge in [0.1, 0.15) is 0 Å². The summed E-state index contributed by atoms with van der Waals surface area (Å²) in [5.41, 5.74) is -0.372. The third-order valence-corrected chi connectivity index (χ3v) is 4.56. The van der Waals surface area contributed by atoms with Gasteiger partial charge in [0.25, 0.3) is 0 Å². The van der Waals surface area contributed by atoms with Crippen molar-refractivity contribution in [1.29, 1.82) is 0 Å². The van der Waals surface area contributed by atoms with Crippen LogP contribution in [0.15, 0.2) is 0 Å². The second-order valence-electron chi connectivity index (χ2n) is 5.67. The summed E-state index contributed by atoms with van der Waals surface area (Å²) in [6.45, 7) is 8.29. The first kappa shape index (κ1) is 15.1. The molecule has 0 aromatic heterocycles. The minimum absolute atomic E-state index is 0.186. The van der Waals surface area contributed by atoms with E-state index in [1.54, 1.807) is 5.06 Å². The third kappa shape index (κ3) is 3.30. The number of hydrogen-bond acceptors (Lipinski definition) is 5. The maximum Gasteiger partial charge on any atom is 0.491 e. The molecule has 6 heteroatoms. The highest BCUT2D eigenvalue weighted by Gasteiger charge is 2.46. The van der Waals surface area contributed by atoms with Gasteiger partial charge < -0.3 is 0 Å². The van der Waals surface area contributed by atoms with Crippen LogP contribution >= 0.6 is 7.82 Å². The van der Waals surface area contributed by atoms with Crippen LogP contribution in [0.1, 0.15) is 47.0 Å². The number of piperidine rings is 1. The Morgan fingerprint density at radius 1 is 1.00 bits per heavy atom. The van der Waals surface area contributed by atoms with Crippen LogP contribution in [0.25, 0.3) is 0 Å². The summed E-state index contributed by atoms with van der Waals surface area (Å²) < 4.78 is 27.3. The molecule has 17 heavy (non-hydrogen) atoms. The molecule has 1 saturated heterocycles. The van der Waals surface area contributed by atoms with Crippen molar-refractivity contribution in [1.82, 2.24) is 5.06 Å². The van der Waals surface area contributed by atoms with Gasteiger partial charge in [-0.3, -0.25) is 9.05 Å². The summed E-state index contributed by atoms with van der Waals surface area (Å²) in [5, 5.41) is 1.78. The highest BCUT2D eigenvalue weighted by molar-refractivity contribution is 7.48. The maximum atomic E-state index is 12.1. The van der Waals surface area contributed by atoms with Crippen LogP contribution in [0.4, 0.5) is 0 Å². The summed E-state index contributed by atoms with van der Waals surface area (Å²) in [7, 11) is -0.828. The summed E-state index contributed by atoms with van der Waals surface area (Å²) in [6, 6.07) is 0. The Hall–Kier alpha value is 0.0700. The molecule has 0 saturated carbocycles. The fourth-order valence-electron chi connectivity index (χ4n) is 2.44. The molecule has 1 aliphatic rings. The van der Waals surface area contributed by atoms with E-state index in [0.29, 0.717) is 0 Å². The molecule has 1 rings (SSSR count). The lowest BCUT2D eigenvalue weighted by Gasteiger charge is -2.51. The lowest BCUT2D eigenvalue weighted by Crippen LogP contribution is -2.57. The summed E-state index contributed by atoms with van der Waals surface area (Å²) in [4.78, 5) is 0. The van der Waals surface area contributed by atoms with Crippen molar-refractivity contribution >= 4 is 7.82 Å². The van der Waals surface area contributed by atoms with Crippen molar-refractivity contribution in [2.24, 2.45) is 0 Å². The number of phosphoric acid groups is 1. The molecule has 1 fully saturated rings. The van der Waals surface area contributed by atoms with Crippen LogP contribution in [0.5, 0.6) is 0 Å². The second kappa shape index (κ2) is 4.98. The molecule has 1 heterocycles. The van der Waals surface area contributed by atoms with E-state index in [2.05, 4.69) is 27.7 Å². The van der Waals surface area contributed by atoms with E-state index in [1.165, 1.54) is 14.2 Å². The predicted molar refractivity (Wildman–Crippen MR) is 66.6 cm³/mol. The molecule has 0 atom stereocenters. The molecule has 0 aromatic rings. The van der Waals surface area contributed by atoms with Crippen LogP contribution in [0, 0.1) is 0 Å². The normalized spacial score (nSPS) is 24.8. The molecule has 0 bridgehead atoms. The molecule has 0 N–H and O–H groups in total. The Bertz CT molecular complexity index is 293. The van der Waals surface area contributed by atoms with E-state index >= 15 is 0 Å². The van der Waals surface area contributed by atoms with Gasteiger partial charge in [0, 0.05) is 25.3 Å². The molecule has 0 unspecified atom stereocenters. The average molecular weight is 265 g/mol. The van der Waals surface area contributed by atoms with E-state index in [-0.39, 0.29) is 11.1 Å². The zero-order valence-electron chi connectivity index (χ0n) is 11.6. The van der Waals surface area contributed by atoms with Gasteiger partial charge in [-0.1, -0.05) is 0 Å². The van der Waals surface area contributed by atoms with Gasteiger partial charge in [-0.05, 0) is 47.0 Å². The topological polar surface area (TPSA) is 48.0 Å². The zero-order chi connectivity index (χ0) is 13.3. The summed E-state index contributed by atoms with van der Waals surface area (Å²) in [6.07, 6.45) is 3.11. The Morgan fingerprint density at radius 3 is 1.76 bits per heavy atom. The molecule has 0 amide bonds. The van der Waals surface area contributed by atoms with E-state index < -0.39 is 7.82 Å². The van der Waals surface area contributed by atoms with Gasteiger partial charge in [0.2, 0.25) is 0 Å². The summed E-state index contributed by atoms with van der Waals surface area (Å²) in [5.74, 6) is 0. The Labute approximate surface area is 104 Å². The van der Waals surface area contributed by atoms with Gasteiger partial charge in [0.05, 0.1) is 0 Å². The smallest absolute Gasteiger partial charge is 0.289 e. The minimum atomic E-state index is -3.48. The number of hydroxylamine groups is 2. The molecule has 0 spiro atoms. The molecule has 102 valence electrons. The first-order valence-electron chi connectivity index (χ1n) is 5.88. The van der Waals surface area contributed by atoms with E-state index in [0.717, 1.165) is 19.3 Å². The molecular formula is C11H24NO4P. The SMILES string of the molecule is COP(=O)(OC)ON1C(C)(C)CCCC1(C)C. The largest absolute Gasteiger partial charge is 0.491 e. The number of hydrogen-bond donors (Lipinski definition) is 0. The first-order chi connectivity index (χ1) is 7.67. The fourth-order valence-corrected chi connectivity index (χ4v) is 3.36. The standard InChI is InChI=1S/C11H24NO4P/c1-10(2)8-7-9-11(3,4)12(10)16-17(13,14-5)15-6/h7-9H2,1-6H3. The van der Waals surface area contributed by atoms with Gasteiger partial charge in [0.15, 0.2) is 0 Å². The quantitative estimate of drug-likeness (QED) is 0.729.